The molecular formula is C13H25NO2. The zero-order chi connectivity index (χ0) is 12.1. The Morgan fingerprint density at radius 2 is 2.06 bits per heavy atom. The topological polar surface area (TPSA) is 49.3 Å². The molecule has 1 rings (SSSR count). The molecule has 0 aromatic rings. The lowest BCUT2D eigenvalue weighted by Crippen LogP contribution is -2.50. The monoisotopic (exact) mass is 227 g/mol. The molecule has 1 fully saturated rings. The van der Waals surface area contributed by atoms with Crippen molar-refractivity contribution in [2.75, 3.05) is 0 Å². The summed E-state index contributed by atoms with van der Waals surface area (Å²) in [6.45, 7) is 6.58. The van der Waals surface area contributed by atoms with Crippen molar-refractivity contribution in [3.8, 4) is 0 Å². The van der Waals surface area contributed by atoms with Crippen LogP contribution in [0.3, 0.4) is 0 Å². The summed E-state index contributed by atoms with van der Waals surface area (Å²) in [5.41, 5.74) is 0. The second kappa shape index (κ2) is 6.24. The van der Waals surface area contributed by atoms with E-state index in [-0.39, 0.29) is 6.04 Å². The molecule has 1 aliphatic rings. The van der Waals surface area contributed by atoms with Crippen LogP contribution < -0.4 is 5.32 Å². The third kappa shape index (κ3) is 3.78. The van der Waals surface area contributed by atoms with Gasteiger partial charge in [-0.3, -0.25) is 4.79 Å². The Bertz CT molecular complexity index is 222. The Morgan fingerprint density at radius 1 is 1.44 bits per heavy atom. The maximum atomic E-state index is 11.0. The van der Waals surface area contributed by atoms with Crippen LogP contribution in [0.4, 0.5) is 0 Å². The van der Waals surface area contributed by atoms with Crippen LogP contribution in [0.15, 0.2) is 0 Å². The van der Waals surface area contributed by atoms with E-state index in [0.29, 0.717) is 6.04 Å². The fraction of sp³-hybridized carbons (Fsp3) is 0.923. The van der Waals surface area contributed by atoms with Crippen LogP contribution in [-0.4, -0.2) is 23.2 Å². The summed E-state index contributed by atoms with van der Waals surface area (Å²) in [6, 6.07) is 0.100. The molecule has 1 atom stereocenters. The quantitative estimate of drug-likeness (QED) is 0.703. The smallest absolute Gasteiger partial charge is 0.320 e. The first kappa shape index (κ1) is 13.5. The van der Waals surface area contributed by atoms with E-state index < -0.39 is 5.97 Å². The average molecular weight is 227 g/mol. The second-order valence-electron chi connectivity index (χ2n) is 5.37. The number of rotatable bonds is 7. The minimum atomic E-state index is -0.693. The van der Waals surface area contributed by atoms with Crippen molar-refractivity contribution < 1.29 is 9.90 Å². The van der Waals surface area contributed by atoms with E-state index in [9.17, 15) is 4.79 Å². The van der Waals surface area contributed by atoms with E-state index in [1.807, 2.05) is 0 Å². The van der Waals surface area contributed by atoms with Gasteiger partial charge in [0.15, 0.2) is 0 Å². The van der Waals surface area contributed by atoms with Crippen molar-refractivity contribution in [1.29, 1.82) is 0 Å². The van der Waals surface area contributed by atoms with Crippen molar-refractivity contribution in [3.05, 3.63) is 0 Å². The maximum Gasteiger partial charge on any atom is 0.320 e. The number of aliphatic carboxylic acids is 1. The molecule has 3 nitrogen and oxygen atoms in total. The van der Waals surface area contributed by atoms with Gasteiger partial charge in [0.1, 0.15) is 6.04 Å². The lowest BCUT2D eigenvalue weighted by atomic mass is 9.73. The third-order valence-corrected chi connectivity index (χ3v) is 3.70. The highest BCUT2D eigenvalue weighted by Crippen LogP contribution is 2.33. The fourth-order valence-electron chi connectivity index (χ4n) is 2.31. The highest BCUT2D eigenvalue weighted by atomic mass is 16.4. The lowest BCUT2D eigenvalue weighted by Gasteiger charge is -2.40. The van der Waals surface area contributed by atoms with Crippen LogP contribution in [0.1, 0.15) is 52.9 Å². The van der Waals surface area contributed by atoms with Crippen molar-refractivity contribution in [2.24, 2.45) is 11.8 Å². The van der Waals surface area contributed by atoms with Gasteiger partial charge in [-0.2, -0.15) is 0 Å². The molecular weight excluding hydrogens is 202 g/mol. The summed E-state index contributed by atoms with van der Waals surface area (Å²) < 4.78 is 0. The van der Waals surface area contributed by atoms with E-state index in [1.165, 1.54) is 0 Å². The van der Waals surface area contributed by atoms with Crippen molar-refractivity contribution in [1.82, 2.24) is 5.32 Å². The Kier molecular flexibility index (Phi) is 5.26. The van der Waals surface area contributed by atoms with Gasteiger partial charge in [0.05, 0.1) is 0 Å². The molecule has 2 N–H and O–H groups in total. The maximum absolute atomic E-state index is 11.0. The van der Waals surface area contributed by atoms with Crippen LogP contribution in [-0.2, 0) is 4.79 Å². The van der Waals surface area contributed by atoms with Crippen molar-refractivity contribution in [3.63, 3.8) is 0 Å². The minimum absolute atomic E-state index is 0.335. The molecule has 0 bridgehead atoms. The van der Waals surface area contributed by atoms with E-state index in [1.54, 1.807) is 0 Å². The molecule has 1 aliphatic carbocycles. The summed E-state index contributed by atoms with van der Waals surface area (Å²) in [5, 5.41) is 12.4. The van der Waals surface area contributed by atoms with Gasteiger partial charge in [0.25, 0.3) is 0 Å². The lowest BCUT2D eigenvalue weighted by molar-refractivity contribution is -0.140. The van der Waals surface area contributed by atoms with E-state index in [2.05, 4.69) is 26.1 Å². The molecule has 16 heavy (non-hydrogen) atoms. The number of carboxylic acids is 1. The van der Waals surface area contributed by atoms with Gasteiger partial charge in [0.2, 0.25) is 0 Å². The molecule has 1 saturated carbocycles. The molecule has 0 saturated heterocycles. The van der Waals surface area contributed by atoms with Gasteiger partial charge < -0.3 is 10.4 Å². The molecule has 0 amide bonds. The Balaban J connectivity index is 2.26. The summed E-state index contributed by atoms with van der Waals surface area (Å²) in [4.78, 5) is 11.0. The summed E-state index contributed by atoms with van der Waals surface area (Å²) >= 11 is 0. The van der Waals surface area contributed by atoms with Crippen LogP contribution in [0, 0.1) is 11.8 Å². The van der Waals surface area contributed by atoms with Gasteiger partial charge >= 0.3 is 5.97 Å². The average Bonchev–Trinajstić information content (AvgIpc) is 2.13. The van der Waals surface area contributed by atoms with Crippen LogP contribution in [0.2, 0.25) is 0 Å². The van der Waals surface area contributed by atoms with Gasteiger partial charge in [-0.1, -0.05) is 33.6 Å². The number of carboxylic acid groups (broad SMARTS) is 1. The zero-order valence-electron chi connectivity index (χ0n) is 10.7. The van der Waals surface area contributed by atoms with Gasteiger partial charge in [-0.05, 0) is 31.1 Å². The van der Waals surface area contributed by atoms with Crippen LogP contribution in [0.5, 0.6) is 0 Å². The largest absolute Gasteiger partial charge is 0.480 e. The molecule has 1 unspecified atom stereocenters. The van der Waals surface area contributed by atoms with E-state index in [0.717, 1.165) is 43.9 Å². The van der Waals surface area contributed by atoms with E-state index in [4.69, 9.17) is 5.11 Å². The van der Waals surface area contributed by atoms with Crippen molar-refractivity contribution >= 4 is 5.97 Å². The molecule has 0 spiro atoms. The number of unbranched alkanes of at least 4 members (excludes halogenated alkanes) is 1. The SMILES string of the molecule is CCCCC(NC1CC(C(C)C)C1)C(=O)O. The normalized spacial score (nSPS) is 26.5. The molecule has 0 aliphatic heterocycles. The number of nitrogens with one attached hydrogen (secondary N) is 1. The van der Waals surface area contributed by atoms with Gasteiger partial charge in [-0.25, -0.2) is 0 Å². The zero-order valence-corrected chi connectivity index (χ0v) is 10.7. The minimum Gasteiger partial charge on any atom is -0.480 e. The van der Waals surface area contributed by atoms with Crippen LogP contribution in [0.25, 0.3) is 0 Å². The highest BCUT2D eigenvalue weighted by molar-refractivity contribution is 5.73. The summed E-state index contributed by atoms with van der Waals surface area (Å²) in [6.07, 6.45) is 5.10. The first-order valence-corrected chi connectivity index (χ1v) is 6.53. The first-order chi connectivity index (χ1) is 7.54. The molecule has 0 aromatic heterocycles. The van der Waals surface area contributed by atoms with Gasteiger partial charge in [-0.15, -0.1) is 0 Å². The summed E-state index contributed by atoms with van der Waals surface area (Å²) in [7, 11) is 0. The Labute approximate surface area is 98.6 Å². The number of carbonyl (C=O) groups is 1. The molecule has 0 heterocycles. The van der Waals surface area contributed by atoms with Crippen molar-refractivity contribution in [2.45, 2.75) is 65.0 Å². The van der Waals surface area contributed by atoms with E-state index >= 15 is 0 Å². The number of hydrogen-bond donors (Lipinski definition) is 2. The van der Waals surface area contributed by atoms with Crippen LogP contribution >= 0.6 is 0 Å². The predicted molar refractivity (Wildman–Crippen MR) is 65.4 cm³/mol. The second-order valence-corrected chi connectivity index (χ2v) is 5.37. The molecule has 3 heteroatoms. The first-order valence-electron chi connectivity index (χ1n) is 6.53. The standard InChI is InChI=1S/C13H25NO2/c1-4-5-6-12(13(15)16)14-11-7-10(8-11)9(2)3/h9-12,14H,4-8H2,1-3H3,(H,15,16). The highest BCUT2D eigenvalue weighted by Gasteiger charge is 2.33. The predicted octanol–water partition coefficient (Wildman–Crippen LogP) is 2.65. The number of hydrogen-bond acceptors (Lipinski definition) is 2. The molecule has 0 aromatic carbocycles. The van der Waals surface area contributed by atoms with Gasteiger partial charge in [0, 0.05) is 6.04 Å². The Hall–Kier alpha value is -0.570. The third-order valence-electron chi connectivity index (χ3n) is 3.70. The molecule has 94 valence electrons. The fourth-order valence-corrected chi connectivity index (χ4v) is 2.31. The summed E-state index contributed by atoms with van der Waals surface area (Å²) in [5.74, 6) is 0.830. The molecule has 0 radical (unpaired) electrons. The Morgan fingerprint density at radius 3 is 2.50 bits per heavy atom.